The van der Waals surface area contributed by atoms with E-state index in [1.807, 2.05) is 42.0 Å². The number of nitrogens with zero attached hydrogens (tertiary/aromatic N) is 4. The number of methoxy groups -OCH3 is 1. The number of aromatic nitrogens is 3. The Kier molecular flexibility index (Phi) is 7.42. The number of hydrogen-bond donors (Lipinski definition) is 0. The molecule has 37 heavy (non-hydrogen) atoms. The van der Waals surface area contributed by atoms with Gasteiger partial charge in [-0.25, -0.2) is 18.4 Å². The Morgan fingerprint density at radius 1 is 1.19 bits per heavy atom. The summed E-state index contributed by atoms with van der Waals surface area (Å²) in [6.07, 6.45) is 6.81. The van der Waals surface area contributed by atoms with Gasteiger partial charge >= 0.3 is 0 Å². The van der Waals surface area contributed by atoms with Crippen LogP contribution >= 0.6 is 23.2 Å². The number of para-hydroxylation sites is 1. The first-order valence-electron chi connectivity index (χ1n) is 11.8. The highest BCUT2D eigenvalue weighted by Gasteiger charge is 2.37. The molecule has 1 saturated heterocycles. The molecule has 5 rings (SSSR count). The Morgan fingerprint density at radius 3 is 2.78 bits per heavy atom. The standard InChI is InChI=1S/C26H26Cl2N4O4S/c1-17-13-22(31-12-10-29-16-31)19-6-3-7-23(26(19)30-17)36-15-20-21(27)8-9-24(25(20)28)37(33,34)32-11-4-5-18(32)14-35-2/h3,6-10,12-13,16,18H,4-5,11,14-15H2,1-2H3. The third-order valence-corrected chi connectivity index (χ3v) is 9.37. The number of aryl methyl sites for hydroxylation is 1. The SMILES string of the molecule is COCC1CCCN1S(=O)(=O)c1ccc(Cl)c(COc2cccc3c(-n4ccnc4)cc(C)nc23)c1Cl. The molecule has 0 bridgehead atoms. The maximum absolute atomic E-state index is 13.5. The van der Waals surface area contributed by atoms with Crippen molar-refractivity contribution in [3.05, 3.63) is 76.4 Å². The monoisotopic (exact) mass is 560 g/mol. The number of ether oxygens (including phenoxy) is 2. The van der Waals surface area contributed by atoms with E-state index in [4.69, 9.17) is 37.7 Å². The van der Waals surface area contributed by atoms with Gasteiger partial charge in [0.2, 0.25) is 10.0 Å². The minimum Gasteiger partial charge on any atom is -0.487 e. The van der Waals surface area contributed by atoms with Crippen LogP contribution in [-0.2, 0) is 21.4 Å². The predicted octanol–water partition coefficient (Wildman–Crippen LogP) is 5.41. The van der Waals surface area contributed by atoms with E-state index in [1.54, 1.807) is 25.7 Å². The van der Waals surface area contributed by atoms with E-state index in [-0.39, 0.29) is 22.6 Å². The molecule has 0 aliphatic carbocycles. The van der Waals surface area contributed by atoms with Crippen molar-refractivity contribution in [2.45, 2.75) is 37.3 Å². The van der Waals surface area contributed by atoms with Gasteiger partial charge in [-0.1, -0.05) is 35.3 Å². The molecule has 11 heteroatoms. The van der Waals surface area contributed by atoms with Gasteiger partial charge in [-0.2, -0.15) is 4.31 Å². The molecule has 2 aromatic carbocycles. The molecule has 3 heterocycles. The van der Waals surface area contributed by atoms with Crippen molar-refractivity contribution in [3.63, 3.8) is 0 Å². The zero-order valence-corrected chi connectivity index (χ0v) is 22.7. The largest absolute Gasteiger partial charge is 0.487 e. The van der Waals surface area contributed by atoms with Gasteiger partial charge in [0, 0.05) is 53.8 Å². The lowest BCUT2D eigenvalue weighted by Gasteiger charge is -2.24. The summed E-state index contributed by atoms with van der Waals surface area (Å²) in [5.74, 6) is 0.530. The average molecular weight is 561 g/mol. The molecule has 1 aliphatic heterocycles. The minimum absolute atomic E-state index is 0.00875. The molecule has 1 unspecified atom stereocenters. The molecule has 194 valence electrons. The lowest BCUT2D eigenvalue weighted by atomic mass is 10.1. The highest BCUT2D eigenvalue weighted by molar-refractivity contribution is 7.89. The molecule has 8 nitrogen and oxygen atoms in total. The smallest absolute Gasteiger partial charge is 0.244 e. The van der Waals surface area contributed by atoms with Crippen molar-refractivity contribution in [2.75, 3.05) is 20.3 Å². The molecule has 2 aromatic heterocycles. The van der Waals surface area contributed by atoms with Gasteiger partial charge in [0.15, 0.2) is 0 Å². The minimum atomic E-state index is -3.85. The zero-order valence-electron chi connectivity index (χ0n) is 20.4. The summed E-state index contributed by atoms with van der Waals surface area (Å²) < 4.78 is 41.8. The van der Waals surface area contributed by atoms with Crippen molar-refractivity contribution >= 4 is 44.1 Å². The maximum atomic E-state index is 13.5. The molecule has 1 atom stereocenters. The van der Waals surface area contributed by atoms with E-state index in [2.05, 4.69) is 4.98 Å². The Labute approximate surface area is 225 Å². The predicted molar refractivity (Wildman–Crippen MR) is 143 cm³/mol. The summed E-state index contributed by atoms with van der Waals surface area (Å²) in [4.78, 5) is 8.85. The Morgan fingerprint density at radius 2 is 2.03 bits per heavy atom. The second-order valence-electron chi connectivity index (χ2n) is 8.90. The van der Waals surface area contributed by atoms with Gasteiger partial charge < -0.3 is 14.0 Å². The average Bonchev–Trinajstić information content (AvgIpc) is 3.56. The van der Waals surface area contributed by atoms with E-state index in [9.17, 15) is 8.42 Å². The first-order chi connectivity index (χ1) is 17.8. The Balaban J connectivity index is 1.48. The van der Waals surface area contributed by atoms with E-state index in [0.29, 0.717) is 35.0 Å². The second kappa shape index (κ2) is 10.6. The molecular formula is C26H26Cl2N4O4S. The summed E-state index contributed by atoms with van der Waals surface area (Å²) in [5, 5.41) is 1.26. The zero-order chi connectivity index (χ0) is 26.2. The maximum Gasteiger partial charge on any atom is 0.244 e. The molecule has 0 radical (unpaired) electrons. The van der Waals surface area contributed by atoms with Gasteiger partial charge in [-0.15, -0.1) is 0 Å². The van der Waals surface area contributed by atoms with E-state index < -0.39 is 10.0 Å². The molecule has 0 amide bonds. The number of sulfonamides is 1. The first kappa shape index (κ1) is 25.9. The quantitative estimate of drug-likeness (QED) is 0.286. The van der Waals surface area contributed by atoms with Gasteiger partial charge in [0.1, 0.15) is 22.8 Å². The fraction of sp³-hybridized carbons (Fsp3) is 0.308. The van der Waals surface area contributed by atoms with Gasteiger partial charge in [0.25, 0.3) is 0 Å². The Hall–Kier alpha value is -2.69. The highest BCUT2D eigenvalue weighted by Crippen LogP contribution is 2.37. The topological polar surface area (TPSA) is 86.5 Å². The van der Waals surface area contributed by atoms with Gasteiger partial charge in [-0.3, -0.25) is 0 Å². The van der Waals surface area contributed by atoms with Crippen LogP contribution in [0.15, 0.2) is 60.0 Å². The van der Waals surface area contributed by atoms with Crippen LogP contribution in [0.1, 0.15) is 24.1 Å². The summed E-state index contributed by atoms with van der Waals surface area (Å²) in [5.41, 5.74) is 2.80. The fourth-order valence-corrected chi connectivity index (χ4v) is 7.27. The summed E-state index contributed by atoms with van der Waals surface area (Å²) in [6, 6.07) is 10.4. The lowest BCUT2D eigenvalue weighted by Crippen LogP contribution is -2.38. The van der Waals surface area contributed by atoms with Crippen LogP contribution in [0.4, 0.5) is 0 Å². The number of halogens is 2. The van der Waals surface area contributed by atoms with Crippen molar-refractivity contribution in [2.24, 2.45) is 0 Å². The Bertz CT molecular complexity index is 1540. The van der Waals surface area contributed by atoms with Crippen molar-refractivity contribution < 1.29 is 17.9 Å². The molecule has 0 N–H and O–H groups in total. The molecule has 0 saturated carbocycles. The third-order valence-electron chi connectivity index (χ3n) is 6.48. The summed E-state index contributed by atoms with van der Waals surface area (Å²) >= 11 is 13.2. The van der Waals surface area contributed by atoms with Crippen LogP contribution in [0, 0.1) is 6.92 Å². The fourth-order valence-electron chi connectivity index (χ4n) is 4.73. The molecular weight excluding hydrogens is 535 g/mol. The summed E-state index contributed by atoms with van der Waals surface area (Å²) in [6.45, 7) is 2.63. The van der Waals surface area contributed by atoms with E-state index >= 15 is 0 Å². The first-order valence-corrected chi connectivity index (χ1v) is 14.0. The van der Waals surface area contributed by atoms with Crippen molar-refractivity contribution in [1.29, 1.82) is 0 Å². The number of rotatable bonds is 8. The van der Waals surface area contributed by atoms with Crippen LogP contribution in [0.2, 0.25) is 10.0 Å². The van der Waals surface area contributed by atoms with Crippen LogP contribution in [0.5, 0.6) is 5.75 Å². The second-order valence-corrected chi connectivity index (χ2v) is 11.5. The number of benzene rings is 2. The van der Waals surface area contributed by atoms with Crippen LogP contribution < -0.4 is 4.74 Å². The molecule has 1 fully saturated rings. The van der Waals surface area contributed by atoms with E-state index in [1.165, 1.54) is 10.4 Å². The van der Waals surface area contributed by atoms with E-state index in [0.717, 1.165) is 29.6 Å². The number of imidazole rings is 1. The van der Waals surface area contributed by atoms with Crippen LogP contribution in [0.3, 0.4) is 0 Å². The van der Waals surface area contributed by atoms with Crippen molar-refractivity contribution in [1.82, 2.24) is 18.8 Å². The van der Waals surface area contributed by atoms with Crippen LogP contribution in [0.25, 0.3) is 16.6 Å². The lowest BCUT2D eigenvalue weighted by molar-refractivity contribution is 0.149. The number of fused-ring (bicyclic) bond motifs is 1. The molecule has 0 spiro atoms. The molecule has 4 aromatic rings. The number of hydrogen-bond acceptors (Lipinski definition) is 6. The normalized spacial score (nSPS) is 16.5. The molecule has 1 aliphatic rings. The van der Waals surface area contributed by atoms with Gasteiger partial charge in [-0.05, 0) is 44.0 Å². The van der Waals surface area contributed by atoms with Crippen molar-refractivity contribution in [3.8, 4) is 11.4 Å². The third kappa shape index (κ3) is 4.94. The highest BCUT2D eigenvalue weighted by atomic mass is 35.5. The summed E-state index contributed by atoms with van der Waals surface area (Å²) in [7, 11) is -2.28. The van der Waals surface area contributed by atoms with Crippen LogP contribution in [-0.4, -0.2) is 53.6 Å². The number of pyridine rings is 1. The van der Waals surface area contributed by atoms with Gasteiger partial charge in [0.05, 0.1) is 23.6 Å².